The van der Waals surface area contributed by atoms with Gasteiger partial charge in [0.1, 0.15) is 5.82 Å². The van der Waals surface area contributed by atoms with Gasteiger partial charge in [0.05, 0.1) is 0 Å². The van der Waals surface area contributed by atoms with Gasteiger partial charge in [0.15, 0.2) is 0 Å². The molecule has 3 nitrogen and oxygen atoms in total. The molecule has 138 valence electrons. The Morgan fingerprint density at radius 2 is 1.77 bits per heavy atom. The number of likely N-dealkylation sites (tertiary alicyclic amines) is 1. The first-order valence-electron chi connectivity index (χ1n) is 9.13. The highest BCUT2D eigenvalue weighted by Gasteiger charge is 2.24. The maximum Gasteiger partial charge on any atom is 0.223 e. The quantitative estimate of drug-likeness (QED) is 0.747. The van der Waals surface area contributed by atoms with E-state index in [2.05, 4.69) is 10.2 Å². The molecule has 3 rings (SSSR count). The summed E-state index contributed by atoms with van der Waals surface area (Å²) in [4.78, 5) is 15.4. The van der Waals surface area contributed by atoms with Crippen molar-refractivity contribution in [1.29, 1.82) is 0 Å². The molecule has 2 aromatic rings. The molecule has 1 aliphatic heterocycles. The van der Waals surface area contributed by atoms with Gasteiger partial charge >= 0.3 is 0 Å². The molecule has 26 heavy (non-hydrogen) atoms. The van der Waals surface area contributed by atoms with Gasteiger partial charge in [-0.1, -0.05) is 42.5 Å². The lowest BCUT2D eigenvalue weighted by atomic mass is 9.96. The highest BCUT2D eigenvalue weighted by atomic mass is 32.2. The Kier molecular flexibility index (Phi) is 7.09. The van der Waals surface area contributed by atoms with Crippen molar-refractivity contribution in [2.75, 3.05) is 25.4 Å². The second kappa shape index (κ2) is 9.74. The van der Waals surface area contributed by atoms with Crippen LogP contribution in [0.15, 0.2) is 59.5 Å². The van der Waals surface area contributed by atoms with Gasteiger partial charge < -0.3 is 10.2 Å². The van der Waals surface area contributed by atoms with Gasteiger partial charge in [0.2, 0.25) is 5.91 Å². The van der Waals surface area contributed by atoms with Crippen molar-refractivity contribution in [2.24, 2.45) is 5.92 Å². The lowest BCUT2D eigenvalue weighted by Gasteiger charge is -2.31. The average molecular weight is 373 g/mol. The molecule has 1 heterocycles. The predicted molar refractivity (Wildman–Crippen MR) is 105 cm³/mol. The largest absolute Gasteiger partial charge is 0.352 e. The molecule has 0 atom stereocenters. The number of hydrogen-bond acceptors (Lipinski definition) is 3. The lowest BCUT2D eigenvalue weighted by molar-refractivity contribution is -0.126. The molecule has 1 N–H and O–H groups in total. The molecule has 0 radical (unpaired) electrons. The van der Waals surface area contributed by atoms with Crippen LogP contribution in [0.5, 0.6) is 0 Å². The summed E-state index contributed by atoms with van der Waals surface area (Å²) in [5.41, 5.74) is 1.13. The molecule has 0 unspecified atom stereocenters. The highest BCUT2D eigenvalue weighted by molar-refractivity contribution is 7.99. The fourth-order valence-electron chi connectivity index (χ4n) is 3.19. The summed E-state index contributed by atoms with van der Waals surface area (Å²) in [6.07, 6.45) is 1.79. The zero-order valence-corrected chi connectivity index (χ0v) is 15.7. The summed E-state index contributed by atoms with van der Waals surface area (Å²) < 4.78 is 13.6. The van der Waals surface area contributed by atoms with E-state index >= 15 is 0 Å². The highest BCUT2D eigenvalue weighted by Crippen LogP contribution is 2.22. The van der Waals surface area contributed by atoms with E-state index in [1.165, 1.54) is 6.07 Å². The van der Waals surface area contributed by atoms with Crippen molar-refractivity contribution in [1.82, 2.24) is 10.2 Å². The predicted octanol–water partition coefficient (Wildman–Crippen LogP) is 3.95. The minimum Gasteiger partial charge on any atom is -0.352 e. The molecule has 1 saturated heterocycles. The minimum atomic E-state index is -0.147. The van der Waals surface area contributed by atoms with E-state index in [1.54, 1.807) is 17.8 Å². The zero-order valence-electron chi connectivity index (χ0n) is 14.9. The Labute approximate surface area is 159 Å². The Hall–Kier alpha value is -1.85. The van der Waals surface area contributed by atoms with Gasteiger partial charge in [-0.3, -0.25) is 4.79 Å². The zero-order chi connectivity index (χ0) is 18.2. The first kappa shape index (κ1) is 18.9. The molecule has 1 fully saturated rings. The Morgan fingerprint density at radius 1 is 1.08 bits per heavy atom. The van der Waals surface area contributed by atoms with Crippen molar-refractivity contribution in [3.63, 3.8) is 0 Å². The number of nitrogens with one attached hydrogen (secondary N) is 1. The van der Waals surface area contributed by atoms with Crippen molar-refractivity contribution in [3.8, 4) is 0 Å². The van der Waals surface area contributed by atoms with Crippen molar-refractivity contribution < 1.29 is 9.18 Å². The summed E-state index contributed by atoms with van der Waals surface area (Å²) in [6.45, 7) is 3.39. The Morgan fingerprint density at radius 3 is 2.50 bits per heavy atom. The maximum atomic E-state index is 13.6. The number of benzene rings is 2. The third-order valence-corrected chi connectivity index (χ3v) is 5.80. The van der Waals surface area contributed by atoms with Crippen LogP contribution in [0, 0.1) is 11.7 Å². The lowest BCUT2D eigenvalue weighted by Crippen LogP contribution is -2.41. The van der Waals surface area contributed by atoms with Gasteiger partial charge in [0, 0.05) is 29.7 Å². The normalized spacial score (nSPS) is 15.7. The van der Waals surface area contributed by atoms with Crippen LogP contribution in [-0.4, -0.2) is 36.2 Å². The van der Waals surface area contributed by atoms with Gasteiger partial charge in [0.25, 0.3) is 0 Å². The van der Waals surface area contributed by atoms with E-state index in [4.69, 9.17) is 0 Å². The number of piperidine rings is 1. The van der Waals surface area contributed by atoms with Crippen LogP contribution in [0.25, 0.3) is 0 Å². The SMILES string of the molecule is O=C(NCc1ccccc1)C1CCN(CCSc2ccccc2F)CC1. The molecular weight excluding hydrogens is 347 g/mol. The van der Waals surface area contributed by atoms with Crippen molar-refractivity contribution in [2.45, 2.75) is 24.3 Å². The molecule has 0 aromatic heterocycles. The minimum absolute atomic E-state index is 0.106. The molecule has 1 aliphatic rings. The van der Waals surface area contributed by atoms with Crippen LogP contribution < -0.4 is 5.32 Å². The van der Waals surface area contributed by atoms with Crippen LogP contribution in [0.3, 0.4) is 0 Å². The fraction of sp³-hybridized carbons (Fsp3) is 0.381. The Bertz CT molecular complexity index is 702. The third kappa shape index (κ3) is 5.58. The summed E-state index contributed by atoms with van der Waals surface area (Å²) in [7, 11) is 0. The number of hydrogen-bond donors (Lipinski definition) is 1. The van der Waals surface area contributed by atoms with E-state index in [-0.39, 0.29) is 17.6 Å². The molecule has 5 heteroatoms. The first-order valence-corrected chi connectivity index (χ1v) is 10.1. The number of amides is 1. The molecule has 1 amide bonds. The molecule has 0 saturated carbocycles. The summed E-state index contributed by atoms with van der Waals surface area (Å²) in [5, 5.41) is 3.05. The average Bonchev–Trinajstić information content (AvgIpc) is 2.69. The number of thioether (sulfide) groups is 1. The maximum absolute atomic E-state index is 13.6. The summed E-state index contributed by atoms with van der Waals surface area (Å²) in [6, 6.07) is 16.9. The van der Waals surface area contributed by atoms with Gasteiger partial charge in [-0.05, 0) is 43.6 Å². The second-order valence-electron chi connectivity index (χ2n) is 6.60. The van der Waals surface area contributed by atoms with E-state index < -0.39 is 0 Å². The van der Waals surface area contributed by atoms with Crippen LogP contribution in [0.1, 0.15) is 18.4 Å². The third-order valence-electron chi connectivity index (χ3n) is 4.77. The standard InChI is InChI=1S/C21H25FN2OS/c22-19-8-4-5-9-20(19)26-15-14-24-12-10-18(11-13-24)21(25)23-16-17-6-2-1-3-7-17/h1-9,18H,10-16H2,(H,23,25). The smallest absolute Gasteiger partial charge is 0.223 e. The summed E-state index contributed by atoms with van der Waals surface area (Å²) in [5.74, 6) is 0.987. The molecular formula is C21H25FN2OS. The van der Waals surface area contributed by atoms with E-state index in [0.29, 0.717) is 11.4 Å². The van der Waals surface area contributed by atoms with Crippen LogP contribution in [0.4, 0.5) is 4.39 Å². The van der Waals surface area contributed by atoms with E-state index in [9.17, 15) is 9.18 Å². The molecule has 0 spiro atoms. The van der Waals surface area contributed by atoms with Crippen LogP contribution in [0.2, 0.25) is 0 Å². The molecule has 0 bridgehead atoms. The van der Waals surface area contributed by atoms with Crippen molar-refractivity contribution >= 4 is 17.7 Å². The topological polar surface area (TPSA) is 32.3 Å². The number of nitrogens with zero attached hydrogens (tertiary/aromatic N) is 1. The van der Waals surface area contributed by atoms with E-state index in [1.807, 2.05) is 42.5 Å². The van der Waals surface area contributed by atoms with E-state index in [0.717, 1.165) is 43.8 Å². The number of rotatable bonds is 7. The number of halogens is 1. The Balaban J connectivity index is 1.34. The number of carbonyl (C=O) groups excluding carboxylic acids is 1. The van der Waals surface area contributed by atoms with Crippen LogP contribution in [-0.2, 0) is 11.3 Å². The first-order chi connectivity index (χ1) is 12.7. The molecule has 2 aromatic carbocycles. The summed E-state index contributed by atoms with van der Waals surface area (Å²) >= 11 is 1.56. The monoisotopic (exact) mass is 372 g/mol. The number of carbonyl (C=O) groups is 1. The van der Waals surface area contributed by atoms with Gasteiger partial charge in [-0.25, -0.2) is 4.39 Å². The fourth-order valence-corrected chi connectivity index (χ4v) is 4.14. The van der Waals surface area contributed by atoms with Crippen molar-refractivity contribution in [3.05, 3.63) is 66.0 Å². The second-order valence-corrected chi connectivity index (χ2v) is 7.73. The van der Waals surface area contributed by atoms with Gasteiger partial charge in [-0.15, -0.1) is 11.8 Å². The van der Waals surface area contributed by atoms with Gasteiger partial charge in [-0.2, -0.15) is 0 Å². The van der Waals surface area contributed by atoms with Crippen LogP contribution >= 0.6 is 11.8 Å². The molecule has 0 aliphatic carbocycles.